The lowest BCUT2D eigenvalue weighted by Crippen LogP contribution is -2.58. The number of thiazole rings is 1. The number of H-pyrrole nitrogens is 2. The molecular formula is C55H40F2N14OS. The molecule has 18 heteroatoms. The molecule has 0 unspecified atom stereocenters. The van der Waals surface area contributed by atoms with Crippen molar-refractivity contribution in [2.45, 2.75) is 12.5 Å². The van der Waals surface area contributed by atoms with E-state index >= 15 is 0 Å². The van der Waals surface area contributed by atoms with Gasteiger partial charge >= 0.3 is 0 Å². The third kappa shape index (κ3) is 8.18. The third-order valence-corrected chi connectivity index (χ3v) is 14.0. The van der Waals surface area contributed by atoms with Crippen molar-refractivity contribution in [1.29, 1.82) is 0 Å². The number of nitrogens with one attached hydrogen (secondary N) is 4. The normalized spacial score (nSPS) is 13.2. The van der Waals surface area contributed by atoms with Crippen LogP contribution in [0, 0.1) is 0 Å². The highest BCUT2D eigenvalue weighted by Gasteiger charge is 2.47. The fraction of sp³-hybridized carbons (Fsp3) is 0.0909. The maximum atomic E-state index is 14.4. The number of alkyl halides is 2. The summed E-state index contributed by atoms with van der Waals surface area (Å²) in [5, 5.41) is 26.1. The molecule has 12 aromatic rings. The number of rotatable bonds is 12. The van der Waals surface area contributed by atoms with Crippen molar-refractivity contribution in [2.24, 2.45) is 7.05 Å². The Morgan fingerprint density at radius 1 is 0.685 bits per heavy atom. The van der Waals surface area contributed by atoms with Crippen molar-refractivity contribution in [2.75, 3.05) is 23.7 Å². The number of amides is 1. The first-order valence-corrected chi connectivity index (χ1v) is 24.2. The number of halogens is 2. The van der Waals surface area contributed by atoms with E-state index in [0.717, 1.165) is 82.6 Å². The predicted molar refractivity (Wildman–Crippen MR) is 280 cm³/mol. The lowest BCUT2D eigenvalue weighted by molar-refractivity contribution is -0.113. The number of carbonyl (C=O) groups excluding carboxylic acids is 1. The second-order valence-electron chi connectivity index (χ2n) is 18.0. The average molecular weight is 983 g/mol. The van der Waals surface area contributed by atoms with Crippen LogP contribution in [0.5, 0.6) is 0 Å². The van der Waals surface area contributed by atoms with Crippen LogP contribution in [0.3, 0.4) is 0 Å². The first-order chi connectivity index (χ1) is 35.7. The third-order valence-electron chi connectivity index (χ3n) is 13.2. The van der Waals surface area contributed by atoms with Gasteiger partial charge in [0.1, 0.15) is 22.3 Å². The van der Waals surface area contributed by atoms with Gasteiger partial charge in [0, 0.05) is 105 Å². The first kappa shape index (κ1) is 43.6. The van der Waals surface area contributed by atoms with Gasteiger partial charge in [-0.3, -0.25) is 15.0 Å². The zero-order chi connectivity index (χ0) is 49.2. The van der Waals surface area contributed by atoms with Gasteiger partial charge in [0.25, 0.3) is 11.8 Å². The number of aromatic nitrogens is 11. The van der Waals surface area contributed by atoms with Gasteiger partial charge in [-0.25, -0.2) is 33.7 Å². The van der Waals surface area contributed by atoms with Crippen LogP contribution in [0.4, 0.5) is 31.8 Å². The zero-order valence-corrected chi connectivity index (χ0v) is 39.6. The molecule has 5 aromatic carbocycles. The summed E-state index contributed by atoms with van der Waals surface area (Å²) in [6.07, 6.45) is 10.7. The monoisotopic (exact) mass is 982 g/mol. The topological polar surface area (TPSA) is 176 Å². The molecule has 0 bridgehead atoms. The van der Waals surface area contributed by atoms with Crippen molar-refractivity contribution in [1.82, 2.24) is 59.3 Å². The average Bonchev–Trinajstić information content (AvgIpc) is 4.29. The fourth-order valence-electron chi connectivity index (χ4n) is 9.51. The van der Waals surface area contributed by atoms with Gasteiger partial charge < -0.3 is 24.7 Å². The van der Waals surface area contributed by atoms with E-state index < -0.39 is 24.9 Å². The number of likely N-dealkylation sites (tertiary alicyclic amines) is 1. The first-order valence-electron chi connectivity index (χ1n) is 23.3. The molecule has 7 aromatic heterocycles. The van der Waals surface area contributed by atoms with Gasteiger partial charge in [-0.05, 0) is 89.5 Å². The summed E-state index contributed by atoms with van der Waals surface area (Å²) in [6, 6.07) is 39.5. The Balaban J connectivity index is 0.915. The smallest absolute Gasteiger partial charge is 0.282 e. The molecule has 0 atom stereocenters. The molecule has 0 saturated carbocycles. The summed E-state index contributed by atoms with van der Waals surface area (Å²) in [5.41, 5.74) is 11.5. The van der Waals surface area contributed by atoms with E-state index in [1.165, 1.54) is 16.2 Å². The minimum absolute atomic E-state index is 0.186. The summed E-state index contributed by atoms with van der Waals surface area (Å²) in [4.78, 5) is 40.2. The Bertz CT molecular complexity index is 4010. The number of aromatic amines is 2. The highest BCUT2D eigenvalue weighted by Crippen LogP contribution is 2.38. The van der Waals surface area contributed by atoms with Gasteiger partial charge in [-0.2, -0.15) is 10.2 Å². The number of anilines is 4. The van der Waals surface area contributed by atoms with Crippen LogP contribution in [0.1, 0.15) is 16.1 Å². The van der Waals surface area contributed by atoms with E-state index in [9.17, 15) is 13.6 Å². The van der Waals surface area contributed by atoms with E-state index in [1.54, 1.807) is 30.9 Å². The quantitative estimate of drug-likeness (QED) is 0.0921. The van der Waals surface area contributed by atoms with Gasteiger partial charge in [0.2, 0.25) is 0 Å². The Morgan fingerprint density at radius 2 is 1.40 bits per heavy atom. The van der Waals surface area contributed by atoms with E-state index in [1.807, 2.05) is 133 Å². The Kier molecular flexibility index (Phi) is 10.4. The highest BCUT2D eigenvalue weighted by molar-refractivity contribution is 7.13. The largest absolute Gasteiger partial charge is 0.342 e. The molecule has 1 saturated heterocycles. The maximum Gasteiger partial charge on any atom is 0.282 e. The molecule has 8 heterocycles. The summed E-state index contributed by atoms with van der Waals surface area (Å²) in [5.74, 6) is -1.29. The molecule has 73 heavy (non-hydrogen) atoms. The number of benzene rings is 5. The molecule has 356 valence electrons. The zero-order valence-electron chi connectivity index (χ0n) is 38.8. The SMILES string of the molecule is Cn1c(-c2nccs2)cc2c(Cn3c(C(=O)N4CC(F)(F)C4)cc4ccc(-c5nc(Nc6ccc(-c7cn[nH]c7)cc6)c6ccccc6n5)cc43)cc(-c3nccc(Nc4ccc(-c5cn[nH]c5)cc4)n3)cc21. The van der Waals surface area contributed by atoms with Crippen LogP contribution in [0.25, 0.3) is 88.4 Å². The predicted octanol–water partition coefficient (Wildman–Crippen LogP) is 11.7. The standard InChI is InChI=1S/C55H40F2N14OS/c1-69-46-23-36(50-58-17-16-49(67-50)64-40-12-8-32(9-13-40)38-25-60-61-26-38)20-37(43(46)24-47(69)53-59-18-19-73-53)29-71-45-22-35(7-6-34(45)21-48(71)54(72)70-30-55(56,57)31-70)51-66-44-5-3-2-4-42(44)52(68-51)65-41-14-10-33(11-15-41)39-27-62-63-28-39/h2-28H,29-31H2,1H3,(H,60,61)(H,62,63)(H,58,64,67)(H,65,66,68). The number of para-hydroxylation sites is 1. The van der Waals surface area contributed by atoms with Crippen molar-refractivity contribution >= 4 is 73.0 Å². The Hall–Kier alpha value is -9.42. The molecule has 1 aliphatic heterocycles. The van der Waals surface area contributed by atoms with Crippen LogP contribution in [0.15, 0.2) is 164 Å². The van der Waals surface area contributed by atoms with Gasteiger partial charge in [0.05, 0.1) is 36.7 Å². The minimum atomic E-state index is -2.95. The van der Waals surface area contributed by atoms with Crippen molar-refractivity contribution in [3.63, 3.8) is 0 Å². The highest BCUT2D eigenvalue weighted by atomic mass is 32.1. The van der Waals surface area contributed by atoms with Crippen LogP contribution >= 0.6 is 11.3 Å². The maximum absolute atomic E-state index is 14.4. The minimum Gasteiger partial charge on any atom is -0.342 e. The Morgan fingerprint density at radius 3 is 2.10 bits per heavy atom. The van der Waals surface area contributed by atoms with E-state index in [4.69, 9.17) is 19.9 Å². The second kappa shape index (κ2) is 17.5. The number of carbonyl (C=O) groups is 1. The van der Waals surface area contributed by atoms with Crippen LogP contribution in [0.2, 0.25) is 0 Å². The van der Waals surface area contributed by atoms with Crippen molar-refractivity contribution in [3.8, 4) is 55.7 Å². The molecule has 0 aliphatic carbocycles. The molecule has 1 amide bonds. The molecular weight excluding hydrogens is 943 g/mol. The summed E-state index contributed by atoms with van der Waals surface area (Å²) >= 11 is 1.54. The van der Waals surface area contributed by atoms with E-state index in [2.05, 4.69) is 52.7 Å². The van der Waals surface area contributed by atoms with Crippen LogP contribution in [-0.2, 0) is 13.6 Å². The lowest BCUT2D eigenvalue weighted by Gasteiger charge is -2.38. The van der Waals surface area contributed by atoms with Crippen molar-refractivity contribution in [3.05, 3.63) is 175 Å². The van der Waals surface area contributed by atoms with Crippen LogP contribution < -0.4 is 10.6 Å². The summed E-state index contributed by atoms with van der Waals surface area (Å²) in [6.45, 7) is -1.13. The molecule has 13 rings (SSSR count). The van der Waals surface area contributed by atoms with Gasteiger partial charge in [0.15, 0.2) is 11.6 Å². The molecule has 4 N–H and O–H groups in total. The molecule has 15 nitrogen and oxygen atoms in total. The molecule has 1 aliphatic rings. The van der Waals surface area contributed by atoms with Gasteiger partial charge in [-0.1, -0.05) is 48.5 Å². The van der Waals surface area contributed by atoms with E-state index in [0.29, 0.717) is 34.4 Å². The lowest BCUT2D eigenvalue weighted by atomic mass is 10.0. The second-order valence-corrected chi connectivity index (χ2v) is 18.9. The molecule has 0 spiro atoms. The van der Waals surface area contributed by atoms with Crippen molar-refractivity contribution < 1.29 is 13.6 Å². The molecule has 0 radical (unpaired) electrons. The number of aryl methyl sites for hydroxylation is 1. The molecule has 1 fully saturated rings. The number of hydrogen-bond acceptors (Lipinski definition) is 11. The van der Waals surface area contributed by atoms with Crippen LogP contribution in [-0.4, -0.2) is 84.3 Å². The summed E-state index contributed by atoms with van der Waals surface area (Å²) < 4.78 is 32.9. The Labute approximate surface area is 418 Å². The summed E-state index contributed by atoms with van der Waals surface area (Å²) in [7, 11) is 2.00. The van der Waals surface area contributed by atoms with E-state index in [-0.39, 0.29) is 12.2 Å². The number of fused-ring (bicyclic) bond motifs is 3. The van der Waals surface area contributed by atoms with Gasteiger partial charge in [-0.15, -0.1) is 11.3 Å². The fourth-order valence-corrected chi connectivity index (χ4v) is 10.2. The number of hydrogen-bond donors (Lipinski definition) is 4. The number of nitrogens with zero attached hydrogens (tertiary/aromatic N) is 10.